The van der Waals surface area contributed by atoms with Crippen LogP contribution in [0.2, 0.25) is 0 Å². The molecule has 0 saturated heterocycles. The molecule has 8 nitrogen and oxygen atoms in total. The lowest BCUT2D eigenvalue weighted by Gasteiger charge is -2.39. The van der Waals surface area contributed by atoms with Crippen LogP contribution < -0.4 is 4.74 Å². The SMILES string of the molecule is N#Cc1cc(COc2ccc(C#Cc3ccc(C(F)(F)C4(O)Cn5nnnc5-c5cc(F)ccc54)nc3)cc2)ccc1F. The Bertz CT molecular complexity index is 1940. The number of hydrogen-bond acceptors (Lipinski definition) is 7. The van der Waals surface area contributed by atoms with Crippen molar-refractivity contribution in [3.05, 3.63) is 124 Å². The Morgan fingerprint density at radius 2 is 1.74 bits per heavy atom. The second-order valence-electron chi connectivity index (χ2n) is 9.71. The van der Waals surface area contributed by atoms with Gasteiger partial charge in [0, 0.05) is 28.5 Å². The summed E-state index contributed by atoms with van der Waals surface area (Å²) in [4.78, 5) is 3.89. The summed E-state index contributed by atoms with van der Waals surface area (Å²) in [6, 6.07) is 18.2. The van der Waals surface area contributed by atoms with Gasteiger partial charge in [-0.05, 0) is 76.7 Å². The van der Waals surface area contributed by atoms with E-state index < -0.39 is 35.4 Å². The van der Waals surface area contributed by atoms with Crippen LogP contribution >= 0.6 is 0 Å². The average Bonchev–Trinajstić information content (AvgIpc) is 3.48. The van der Waals surface area contributed by atoms with Crippen LogP contribution in [0.15, 0.2) is 79.0 Å². The summed E-state index contributed by atoms with van der Waals surface area (Å²) in [5.41, 5.74) is -2.23. The van der Waals surface area contributed by atoms with Gasteiger partial charge in [-0.15, -0.1) is 5.10 Å². The van der Waals surface area contributed by atoms with Crippen molar-refractivity contribution in [1.82, 2.24) is 25.2 Å². The van der Waals surface area contributed by atoms with Crippen molar-refractivity contribution in [2.75, 3.05) is 0 Å². The number of benzene rings is 3. The van der Waals surface area contributed by atoms with Crippen molar-refractivity contribution in [1.29, 1.82) is 5.26 Å². The highest BCUT2D eigenvalue weighted by molar-refractivity contribution is 5.64. The van der Waals surface area contributed by atoms with Crippen LogP contribution in [-0.4, -0.2) is 30.3 Å². The Kier molecular flexibility index (Phi) is 6.84. The normalized spacial score (nSPS) is 15.4. The van der Waals surface area contributed by atoms with Gasteiger partial charge in [0.05, 0.1) is 12.1 Å². The third-order valence-electron chi connectivity index (χ3n) is 6.95. The van der Waals surface area contributed by atoms with E-state index in [1.807, 2.05) is 0 Å². The summed E-state index contributed by atoms with van der Waals surface area (Å²) in [7, 11) is 0. The van der Waals surface area contributed by atoms with E-state index in [0.29, 0.717) is 22.4 Å². The first-order chi connectivity index (χ1) is 20.7. The molecule has 1 atom stereocenters. The van der Waals surface area contributed by atoms with Crippen LogP contribution in [0, 0.1) is 34.8 Å². The standard InChI is InChI=1S/C31H18F4N6O2/c32-23-7-10-26-25(14-23)29-38-39-40-41(29)18-30(26,42)31(34,35)28-12-6-20(16-37-28)2-1-19-3-8-24(9-4-19)43-17-21-5-11-27(33)22(13-21)15-36/h3-14,16,42H,17-18H2. The number of aromatic nitrogens is 5. The molecule has 1 unspecified atom stereocenters. The summed E-state index contributed by atoms with van der Waals surface area (Å²) in [6.45, 7) is -0.536. The van der Waals surface area contributed by atoms with E-state index >= 15 is 8.78 Å². The maximum Gasteiger partial charge on any atom is 0.323 e. The Hall–Kier alpha value is -5.59. The van der Waals surface area contributed by atoms with Gasteiger partial charge in [-0.1, -0.05) is 24.0 Å². The zero-order valence-corrected chi connectivity index (χ0v) is 22.0. The largest absolute Gasteiger partial charge is 0.489 e. The number of nitriles is 1. The minimum absolute atomic E-state index is 0.0408. The summed E-state index contributed by atoms with van der Waals surface area (Å²) in [5, 5.41) is 31.2. The molecule has 1 aliphatic rings. The highest BCUT2D eigenvalue weighted by Gasteiger charge is 2.59. The molecule has 2 aromatic heterocycles. The van der Waals surface area contributed by atoms with Gasteiger partial charge >= 0.3 is 5.92 Å². The van der Waals surface area contributed by atoms with Gasteiger partial charge in [0.1, 0.15) is 35.8 Å². The molecule has 0 saturated carbocycles. The number of pyridine rings is 1. The summed E-state index contributed by atoms with van der Waals surface area (Å²) < 4.78 is 65.9. The van der Waals surface area contributed by atoms with E-state index in [0.717, 1.165) is 28.9 Å². The molecule has 5 aromatic rings. The minimum Gasteiger partial charge on any atom is -0.489 e. The van der Waals surface area contributed by atoms with Crippen molar-refractivity contribution >= 4 is 0 Å². The predicted octanol–water partition coefficient (Wildman–Crippen LogP) is 4.86. The van der Waals surface area contributed by atoms with Gasteiger partial charge in [-0.2, -0.15) is 14.0 Å². The van der Waals surface area contributed by atoms with Gasteiger partial charge in [0.25, 0.3) is 0 Å². The van der Waals surface area contributed by atoms with Crippen LogP contribution in [0.3, 0.4) is 0 Å². The molecule has 1 aliphatic heterocycles. The number of rotatable bonds is 5. The fourth-order valence-corrected chi connectivity index (χ4v) is 4.70. The first-order valence-corrected chi connectivity index (χ1v) is 12.7. The molecule has 3 aromatic carbocycles. The summed E-state index contributed by atoms with van der Waals surface area (Å²) in [6.07, 6.45) is 1.17. The van der Waals surface area contributed by atoms with Gasteiger partial charge in [-0.3, -0.25) is 4.98 Å². The number of fused-ring (bicyclic) bond motifs is 3. The molecule has 0 aliphatic carbocycles. The molecule has 0 spiro atoms. The topological polar surface area (TPSA) is 110 Å². The molecule has 212 valence electrons. The molecule has 0 fully saturated rings. The zero-order valence-electron chi connectivity index (χ0n) is 22.0. The van der Waals surface area contributed by atoms with Crippen LogP contribution in [-0.2, 0) is 24.7 Å². The first kappa shape index (κ1) is 27.6. The molecule has 12 heteroatoms. The van der Waals surface area contributed by atoms with Gasteiger partial charge < -0.3 is 9.84 Å². The number of hydrogen-bond donors (Lipinski definition) is 1. The average molecular weight is 583 g/mol. The Balaban J connectivity index is 1.17. The van der Waals surface area contributed by atoms with Crippen LogP contribution in [0.5, 0.6) is 5.75 Å². The van der Waals surface area contributed by atoms with E-state index in [2.05, 4.69) is 32.4 Å². The molecular weight excluding hydrogens is 564 g/mol. The third-order valence-corrected chi connectivity index (χ3v) is 6.95. The number of ether oxygens (including phenoxy) is 1. The zero-order chi connectivity index (χ0) is 30.2. The molecule has 6 rings (SSSR count). The van der Waals surface area contributed by atoms with Crippen molar-refractivity contribution in [3.8, 4) is 35.0 Å². The molecule has 1 N–H and O–H groups in total. The highest BCUT2D eigenvalue weighted by atomic mass is 19.3. The monoisotopic (exact) mass is 582 g/mol. The lowest BCUT2D eigenvalue weighted by molar-refractivity contribution is -0.207. The lowest BCUT2D eigenvalue weighted by Crippen LogP contribution is -2.49. The molecule has 3 heterocycles. The van der Waals surface area contributed by atoms with Crippen molar-refractivity contribution < 1.29 is 27.4 Å². The van der Waals surface area contributed by atoms with Gasteiger partial charge in [-0.25, -0.2) is 13.5 Å². The number of tetrazole rings is 1. The van der Waals surface area contributed by atoms with Crippen LogP contribution in [0.25, 0.3) is 11.4 Å². The second-order valence-corrected chi connectivity index (χ2v) is 9.71. The fourth-order valence-electron chi connectivity index (χ4n) is 4.70. The quantitative estimate of drug-likeness (QED) is 0.233. The van der Waals surface area contributed by atoms with E-state index in [-0.39, 0.29) is 29.1 Å². The summed E-state index contributed by atoms with van der Waals surface area (Å²) >= 11 is 0. The molecule has 43 heavy (non-hydrogen) atoms. The highest BCUT2D eigenvalue weighted by Crippen LogP contribution is 2.50. The first-order valence-electron chi connectivity index (χ1n) is 12.7. The van der Waals surface area contributed by atoms with Crippen LogP contribution in [0.1, 0.15) is 33.5 Å². The number of aliphatic hydroxyl groups is 1. The number of alkyl halides is 2. The summed E-state index contributed by atoms with van der Waals surface area (Å²) in [5.74, 6) is 1.17. The minimum atomic E-state index is -3.91. The second kappa shape index (κ2) is 10.7. The Morgan fingerprint density at radius 1 is 0.977 bits per heavy atom. The predicted molar refractivity (Wildman–Crippen MR) is 143 cm³/mol. The van der Waals surface area contributed by atoms with E-state index in [1.54, 1.807) is 30.3 Å². The molecule has 0 radical (unpaired) electrons. The third kappa shape index (κ3) is 5.05. The fraction of sp³-hybridized carbons (Fsp3) is 0.129. The van der Waals surface area contributed by atoms with Crippen molar-refractivity contribution in [2.24, 2.45) is 0 Å². The number of halogens is 4. The van der Waals surface area contributed by atoms with E-state index in [1.165, 1.54) is 30.5 Å². The molecule has 0 amide bonds. The van der Waals surface area contributed by atoms with Crippen LogP contribution in [0.4, 0.5) is 17.6 Å². The smallest absolute Gasteiger partial charge is 0.323 e. The maximum absolute atomic E-state index is 15.9. The van der Waals surface area contributed by atoms with Crippen molar-refractivity contribution in [2.45, 2.75) is 24.7 Å². The van der Waals surface area contributed by atoms with Crippen molar-refractivity contribution in [3.63, 3.8) is 0 Å². The van der Waals surface area contributed by atoms with E-state index in [9.17, 15) is 13.9 Å². The Labute approximate surface area is 241 Å². The Morgan fingerprint density at radius 3 is 2.49 bits per heavy atom. The number of nitrogens with zero attached hydrogens (tertiary/aromatic N) is 6. The van der Waals surface area contributed by atoms with Gasteiger partial charge in [0.2, 0.25) is 0 Å². The maximum atomic E-state index is 15.9. The molecule has 0 bridgehead atoms. The van der Waals surface area contributed by atoms with E-state index in [4.69, 9.17) is 10.00 Å². The lowest BCUT2D eigenvalue weighted by atomic mass is 9.80. The molecular formula is C31H18F4N6O2. The van der Waals surface area contributed by atoms with Gasteiger partial charge in [0.15, 0.2) is 11.4 Å².